The first-order chi connectivity index (χ1) is 14.9. The van der Waals surface area contributed by atoms with Crippen LogP contribution in [0.5, 0.6) is 11.5 Å². The molecule has 1 heterocycles. The summed E-state index contributed by atoms with van der Waals surface area (Å²) in [5.74, 6) is 0.679. The number of hydrogen-bond acceptors (Lipinski definition) is 6. The van der Waals surface area contributed by atoms with E-state index in [0.29, 0.717) is 41.5 Å². The molecule has 0 radical (unpaired) electrons. The fourth-order valence-electron chi connectivity index (χ4n) is 3.32. The van der Waals surface area contributed by atoms with Crippen LogP contribution in [-0.4, -0.2) is 51.1 Å². The molecule has 8 nitrogen and oxygen atoms in total. The number of benzene rings is 2. The van der Waals surface area contributed by atoms with Crippen LogP contribution in [0.15, 0.2) is 52.5 Å². The number of methoxy groups -OCH3 is 1. The number of carbonyl (C=O) groups excluding carboxylic acids is 1. The summed E-state index contributed by atoms with van der Waals surface area (Å²) in [6, 6.07) is 10.3. The molecular formula is C21H24ClN3O5S. The van der Waals surface area contributed by atoms with Gasteiger partial charge < -0.3 is 9.47 Å². The van der Waals surface area contributed by atoms with Gasteiger partial charge in [0.25, 0.3) is 5.91 Å². The predicted octanol–water partition coefficient (Wildman–Crippen LogP) is 3.05. The van der Waals surface area contributed by atoms with Crippen molar-refractivity contribution in [3.63, 3.8) is 0 Å². The fourth-order valence-corrected chi connectivity index (χ4v) is 5.10. The van der Waals surface area contributed by atoms with Gasteiger partial charge in [0.05, 0.1) is 24.8 Å². The van der Waals surface area contributed by atoms with E-state index in [-0.39, 0.29) is 11.4 Å². The summed E-state index contributed by atoms with van der Waals surface area (Å²) >= 11 is 5.85. The second kappa shape index (κ2) is 10.1. The Hall–Kier alpha value is -2.62. The minimum atomic E-state index is -3.81. The summed E-state index contributed by atoms with van der Waals surface area (Å²) in [6.45, 7) is 2.61. The zero-order valence-corrected chi connectivity index (χ0v) is 18.8. The van der Waals surface area contributed by atoms with Crippen LogP contribution in [0.25, 0.3) is 0 Å². The molecule has 2 aromatic carbocycles. The zero-order valence-electron chi connectivity index (χ0n) is 17.2. The molecule has 0 bridgehead atoms. The van der Waals surface area contributed by atoms with Gasteiger partial charge in [-0.1, -0.05) is 11.6 Å². The average molecular weight is 466 g/mol. The van der Waals surface area contributed by atoms with Crippen molar-refractivity contribution in [2.24, 2.45) is 5.10 Å². The standard InChI is InChI=1S/C21H24ClN3O5S/c1-3-30-20-13-15(6-11-19(20)29-2)14-23-24-21(26)18-5-4-12-25(18)31(27,28)17-9-7-16(22)8-10-17/h6-11,13-14,18H,3-5,12H2,1-2H3,(H,24,26)/b23-14-/t18-/m0/s1. The van der Waals surface area contributed by atoms with E-state index in [1.807, 2.05) is 6.92 Å². The lowest BCUT2D eigenvalue weighted by Gasteiger charge is -2.22. The molecule has 1 N–H and O–H groups in total. The number of carbonyl (C=O) groups is 1. The van der Waals surface area contributed by atoms with Crippen molar-refractivity contribution in [2.75, 3.05) is 20.3 Å². The molecular weight excluding hydrogens is 442 g/mol. The van der Waals surface area contributed by atoms with Crippen molar-refractivity contribution in [1.82, 2.24) is 9.73 Å². The maximum absolute atomic E-state index is 13.0. The van der Waals surface area contributed by atoms with Gasteiger partial charge in [-0.3, -0.25) is 4.79 Å². The monoisotopic (exact) mass is 465 g/mol. The van der Waals surface area contributed by atoms with Crippen LogP contribution < -0.4 is 14.9 Å². The molecule has 0 spiro atoms. The Kier molecular flexibility index (Phi) is 7.53. The van der Waals surface area contributed by atoms with Gasteiger partial charge in [-0.25, -0.2) is 13.8 Å². The number of ether oxygens (including phenoxy) is 2. The second-order valence-electron chi connectivity index (χ2n) is 6.81. The van der Waals surface area contributed by atoms with Gasteiger partial charge in [0, 0.05) is 11.6 Å². The maximum atomic E-state index is 13.0. The Morgan fingerprint density at radius 1 is 1.26 bits per heavy atom. The van der Waals surface area contributed by atoms with Gasteiger partial charge in [0.2, 0.25) is 10.0 Å². The third-order valence-corrected chi connectivity index (χ3v) is 6.98. The van der Waals surface area contributed by atoms with E-state index < -0.39 is 22.0 Å². The number of nitrogens with zero attached hydrogens (tertiary/aromatic N) is 2. The highest BCUT2D eigenvalue weighted by Crippen LogP contribution is 2.28. The molecule has 1 saturated heterocycles. The lowest BCUT2D eigenvalue weighted by Crippen LogP contribution is -2.44. The third-order valence-electron chi connectivity index (χ3n) is 4.80. The maximum Gasteiger partial charge on any atom is 0.258 e. The number of amides is 1. The van der Waals surface area contributed by atoms with E-state index in [1.54, 1.807) is 25.3 Å². The van der Waals surface area contributed by atoms with Crippen molar-refractivity contribution in [3.8, 4) is 11.5 Å². The van der Waals surface area contributed by atoms with Crippen molar-refractivity contribution < 1.29 is 22.7 Å². The van der Waals surface area contributed by atoms with Crippen molar-refractivity contribution >= 4 is 33.7 Å². The first kappa shape index (κ1) is 23.1. The average Bonchev–Trinajstić information content (AvgIpc) is 3.25. The number of hydrogen-bond donors (Lipinski definition) is 1. The molecule has 1 aliphatic rings. The minimum absolute atomic E-state index is 0.0989. The molecule has 0 aliphatic carbocycles. The van der Waals surface area contributed by atoms with Crippen LogP contribution in [0.3, 0.4) is 0 Å². The predicted molar refractivity (Wildman–Crippen MR) is 118 cm³/mol. The van der Waals surface area contributed by atoms with Crippen LogP contribution in [0.2, 0.25) is 5.02 Å². The lowest BCUT2D eigenvalue weighted by molar-refractivity contribution is -0.124. The number of rotatable bonds is 8. The normalized spacial score (nSPS) is 17.1. The van der Waals surface area contributed by atoms with Gasteiger partial charge in [0.15, 0.2) is 11.5 Å². The smallest absolute Gasteiger partial charge is 0.258 e. The third kappa shape index (κ3) is 5.36. The second-order valence-corrected chi connectivity index (χ2v) is 9.13. The van der Waals surface area contributed by atoms with E-state index in [0.717, 1.165) is 0 Å². The summed E-state index contributed by atoms with van der Waals surface area (Å²) in [6.07, 6.45) is 2.48. The highest BCUT2D eigenvalue weighted by atomic mass is 35.5. The molecule has 0 saturated carbocycles. The van der Waals surface area contributed by atoms with Crippen LogP contribution in [0, 0.1) is 0 Å². The van der Waals surface area contributed by atoms with Gasteiger partial charge in [-0.2, -0.15) is 9.41 Å². The fraction of sp³-hybridized carbons (Fsp3) is 0.333. The van der Waals surface area contributed by atoms with Gasteiger partial charge in [-0.15, -0.1) is 0 Å². The van der Waals surface area contributed by atoms with E-state index in [1.165, 1.54) is 34.8 Å². The van der Waals surface area contributed by atoms with E-state index in [4.69, 9.17) is 21.1 Å². The Balaban J connectivity index is 1.70. The zero-order chi connectivity index (χ0) is 22.4. The molecule has 3 rings (SSSR count). The van der Waals surface area contributed by atoms with Crippen LogP contribution >= 0.6 is 11.6 Å². The van der Waals surface area contributed by atoms with Gasteiger partial charge >= 0.3 is 0 Å². The van der Waals surface area contributed by atoms with Crippen molar-refractivity contribution in [2.45, 2.75) is 30.7 Å². The van der Waals surface area contributed by atoms with Crippen LogP contribution in [0.4, 0.5) is 0 Å². The number of nitrogens with one attached hydrogen (secondary N) is 1. The summed E-state index contributed by atoms with van der Waals surface area (Å²) in [5, 5.41) is 4.42. The number of sulfonamides is 1. The summed E-state index contributed by atoms with van der Waals surface area (Å²) in [7, 11) is -2.26. The van der Waals surface area contributed by atoms with Crippen LogP contribution in [0.1, 0.15) is 25.3 Å². The van der Waals surface area contributed by atoms with E-state index >= 15 is 0 Å². The number of halogens is 1. The molecule has 166 valence electrons. The first-order valence-electron chi connectivity index (χ1n) is 9.78. The Morgan fingerprint density at radius 2 is 2.00 bits per heavy atom. The van der Waals surface area contributed by atoms with E-state index in [9.17, 15) is 13.2 Å². The van der Waals surface area contributed by atoms with Gasteiger partial charge in [-0.05, 0) is 67.8 Å². The molecule has 0 unspecified atom stereocenters. The molecule has 31 heavy (non-hydrogen) atoms. The summed E-state index contributed by atoms with van der Waals surface area (Å²) < 4.78 is 37.9. The minimum Gasteiger partial charge on any atom is -0.493 e. The highest BCUT2D eigenvalue weighted by Gasteiger charge is 2.39. The quantitative estimate of drug-likeness (QED) is 0.477. The molecule has 0 aromatic heterocycles. The summed E-state index contributed by atoms with van der Waals surface area (Å²) in [4.78, 5) is 12.8. The SMILES string of the molecule is CCOc1cc(/C=N\NC(=O)[C@@H]2CCCN2S(=O)(=O)c2ccc(Cl)cc2)ccc1OC. The molecule has 2 aromatic rings. The van der Waals surface area contributed by atoms with Gasteiger partial charge in [0.1, 0.15) is 6.04 Å². The van der Waals surface area contributed by atoms with Crippen molar-refractivity contribution in [3.05, 3.63) is 53.1 Å². The molecule has 10 heteroatoms. The summed E-state index contributed by atoms with van der Waals surface area (Å²) in [5.41, 5.74) is 3.14. The molecule has 1 fully saturated rings. The van der Waals surface area contributed by atoms with Crippen LogP contribution in [-0.2, 0) is 14.8 Å². The Labute approximate surface area is 186 Å². The van der Waals surface area contributed by atoms with E-state index in [2.05, 4.69) is 10.5 Å². The largest absolute Gasteiger partial charge is 0.493 e. The highest BCUT2D eigenvalue weighted by molar-refractivity contribution is 7.89. The molecule has 1 atom stereocenters. The topological polar surface area (TPSA) is 97.3 Å². The lowest BCUT2D eigenvalue weighted by atomic mass is 10.2. The van der Waals surface area contributed by atoms with Crippen molar-refractivity contribution in [1.29, 1.82) is 0 Å². The Morgan fingerprint density at radius 3 is 2.68 bits per heavy atom. The molecule has 1 amide bonds. The first-order valence-corrected chi connectivity index (χ1v) is 11.6. The Bertz CT molecular complexity index is 1060. The molecule has 1 aliphatic heterocycles. The number of hydrazone groups is 1.